The molecule has 1 aromatic heterocycles. The molecule has 8 nitrogen and oxygen atoms in total. The quantitative estimate of drug-likeness (QED) is 0.779. The van der Waals surface area contributed by atoms with Crippen LogP contribution >= 0.6 is 0 Å². The lowest BCUT2D eigenvalue weighted by Gasteiger charge is -2.34. The predicted octanol–water partition coefficient (Wildman–Crippen LogP) is 1.88. The number of piperazine rings is 1. The van der Waals surface area contributed by atoms with E-state index in [2.05, 4.69) is 15.3 Å². The van der Waals surface area contributed by atoms with Gasteiger partial charge in [-0.1, -0.05) is 0 Å². The van der Waals surface area contributed by atoms with Gasteiger partial charge in [0.05, 0.1) is 12.0 Å². The van der Waals surface area contributed by atoms with Gasteiger partial charge >= 0.3 is 0 Å². The number of nitrogens with zero attached hydrogens (tertiary/aromatic N) is 4. The number of hydrogen-bond acceptors (Lipinski definition) is 7. The third-order valence-corrected chi connectivity index (χ3v) is 6.40. The summed E-state index contributed by atoms with van der Waals surface area (Å²) in [4.78, 5) is 10.7. The molecule has 2 aromatic rings. The number of sulfonamides is 1. The van der Waals surface area contributed by atoms with Gasteiger partial charge < -0.3 is 15.0 Å². The van der Waals surface area contributed by atoms with Crippen LogP contribution in [0.2, 0.25) is 0 Å². The molecule has 1 saturated heterocycles. The van der Waals surface area contributed by atoms with Crippen molar-refractivity contribution in [2.45, 2.75) is 18.7 Å². The SMILES string of the molecule is CCNc1cc(N2CCN(S(=O)(=O)c3ccc(OC)c(F)c3)CC2)nc(C)n1. The molecule has 0 radical (unpaired) electrons. The molecule has 3 rings (SSSR count). The Labute approximate surface area is 164 Å². The van der Waals surface area contributed by atoms with Crippen molar-refractivity contribution in [3.8, 4) is 5.75 Å². The van der Waals surface area contributed by atoms with Crippen LogP contribution in [0.1, 0.15) is 12.7 Å². The summed E-state index contributed by atoms with van der Waals surface area (Å²) in [5.41, 5.74) is 0. The number of aromatic nitrogens is 2. The first-order valence-electron chi connectivity index (χ1n) is 9.03. The largest absolute Gasteiger partial charge is 0.494 e. The number of methoxy groups -OCH3 is 1. The number of hydrogen-bond donors (Lipinski definition) is 1. The van der Waals surface area contributed by atoms with E-state index < -0.39 is 15.8 Å². The van der Waals surface area contributed by atoms with Crippen LogP contribution in [0.4, 0.5) is 16.0 Å². The zero-order chi connectivity index (χ0) is 20.3. The summed E-state index contributed by atoms with van der Waals surface area (Å²) in [5, 5.41) is 3.17. The van der Waals surface area contributed by atoms with Crippen molar-refractivity contribution in [1.29, 1.82) is 0 Å². The number of nitrogens with one attached hydrogen (secondary N) is 1. The average molecular weight is 409 g/mol. The van der Waals surface area contributed by atoms with Crippen LogP contribution in [0.5, 0.6) is 5.75 Å². The number of aryl methyl sites for hydroxylation is 1. The van der Waals surface area contributed by atoms with Gasteiger partial charge in [-0.2, -0.15) is 4.31 Å². The van der Waals surface area contributed by atoms with Crippen molar-refractivity contribution >= 4 is 21.7 Å². The van der Waals surface area contributed by atoms with Gasteiger partial charge in [-0.15, -0.1) is 0 Å². The maximum atomic E-state index is 13.9. The third-order valence-electron chi connectivity index (χ3n) is 4.51. The zero-order valence-corrected chi connectivity index (χ0v) is 17.0. The molecule has 0 amide bonds. The molecule has 0 saturated carbocycles. The van der Waals surface area contributed by atoms with E-state index in [0.29, 0.717) is 18.9 Å². The van der Waals surface area contributed by atoms with E-state index in [1.165, 1.54) is 23.5 Å². The fourth-order valence-corrected chi connectivity index (χ4v) is 4.53. The second-order valence-electron chi connectivity index (χ2n) is 6.38. The average Bonchev–Trinajstić information content (AvgIpc) is 2.68. The van der Waals surface area contributed by atoms with E-state index in [0.717, 1.165) is 24.2 Å². The van der Waals surface area contributed by atoms with Crippen molar-refractivity contribution in [2.24, 2.45) is 0 Å². The van der Waals surface area contributed by atoms with Crippen LogP contribution in [-0.4, -0.2) is 62.5 Å². The monoisotopic (exact) mass is 409 g/mol. The van der Waals surface area contributed by atoms with Crippen molar-refractivity contribution in [3.05, 3.63) is 35.9 Å². The first-order chi connectivity index (χ1) is 13.3. The Morgan fingerprint density at radius 1 is 1.18 bits per heavy atom. The Morgan fingerprint density at radius 3 is 2.50 bits per heavy atom. The summed E-state index contributed by atoms with van der Waals surface area (Å²) in [6.45, 7) is 6.11. The fourth-order valence-electron chi connectivity index (χ4n) is 3.10. The van der Waals surface area contributed by atoms with E-state index in [1.807, 2.05) is 24.8 Å². The van der Waals surface area contributed by atoms with E-state index in [-0.39, 0.29) is 23.7 Å². The van der Waals surface area contributed by atoms with Crippen molar-refractivity contribution < 1.29 is 17.5 Å². The molecular weight excluding hydrogens is 385 g/mol. The number of anilines is 2. The first kappa shape index (κ1) is 20.3. The maximum absolute atomic E-state index is 13.9. The highest BCUT2D eigenvalue weighted by Gasteiger charge is 2.29. The Bertz CT molecular complexity index is 946. The summed E-state index contributed by atoms with van der Waals surface area (Å²) in [6.07, 6.45) is 0. The second kappa shape index (κ2) is 8.27. The first-order valence-corrected chi connectivity index (χ1v) is 10.5. The normalized spacial score (nSPS) is 15.5. The molecule has 1 aromatic carbocycles. The topological polar surface area (TPSA) is 87.7 Å². The Morgan fingerprint density at radius 2 is 1.89 bits per heavy atom. The molecule has 0 aliphatic carbocycles. The lowest BCUT2D eigenvalue weighted by molar-refractivity contribution is 0.379. The molecule has 0 unspecified atom stereocenters. The van der Waals surface area contributed by atoms with Crippen molar-refractivity contribution in [2.75, 3.05) is 50.1 Å². The second-order valence-corrected chi connectivity index (χ2v) is 8.31. The minimum Gasteiger partial charge on any atom is -0.494 e. The molecule has 1 aliphatic heterocycles. The van der Waals surface area contributed by atoms with Gasteiger partial charge in [-0.25, -0.2) is 22.8 Å². The van der Waals surface area contributed by atoms with Crippen LogP contribution in [0, 0.1) is 12.7 Å². The van der Waals surface area contributed by atoms with Gasteiger partial charge in [0.1, 0.15) is 17.5 Å². The van der Waals surface area contributed by atoms with Crippen LogP contribution in [0.15, 0.2) is 29.2 Å². The predicted molar refractivity (Wildman–Crippen MR) is 105 cm³/mol. The highest BCUT2D eigenvalue weighted by molar-refractivity contribution is 7.89. The van der Waals surface area contributed by atoms with Crippen LogP contribution in [-0.2, 0) is 10.0 Å². The van der Waals surface area contributed by atoms with Crippen LogP contribution in [0.3, 0.4) is 0 Å². The standard InChI is InChI=1S/C18H24FN5O3S/c1-4-20-17-12-18(22-13(2)21-17)23-7-9-24(10-8-23)28(25,26)14-5-6-16(27-3)15(19)11-14/h5-6,11-12H,4,7-10H2,1-3H3,(H,20,21,22). The zero-order valence-electron chi connectivity index (χ0n) is 16.1. The van der Waals surface area contributed by atoms with Crippen LogP contribution < -0.4 is 15.0 Å². The lowest BCUT2D eigenvalue weighted by atomic mass is 10.3. The highest BCUT2D eigenvalue weighted by atomic mass is 32.2. The van der Waals surface area contributed by atoms with E-state index >= 15 is 0 Å². The van der Waals surface area contributed by atoms with E-state index in [9.17, 15) is 12.8 Å². The van der Waals surface area contributed by atoms with Gasteiger partial charge in [0.25, 0.3) is 0 Å². The number of benzene rings is 1. The van der Waals surface area contributed by atoms with Gasteiger partial charge in [0.2, 0.25) is 10.0 Å². The molecule has 28 heavy (non-hydrogen) atoms. The molecule has 0 bridgehead atoms. The minimum atomic E-state index is -3.77. The highest BCUT2D eigenvalue weighted by Crippen LogP contribution is 2.25. The van der Waals surface area contributed by atoms with E-state index in [4.69, 9.17) is 4.74 Å². The Kier molecular flexibility index (Phi) is 5.99. The van der Waals surface area contributed by atoms with Gasteiger partial charge in [-0.3, -0.25) is 0 Å². The third kappa shape index (κ3) is 4.17. The molecule has 0 atom stereocenters. The van der Waals surface area contributed by atoms with E-state index in [1.54, 1.807) is 0 Å². The van der Waals surface area contributed by atoms with Crippen LogP contribution in [0.25, 0.3) is 0 Å². The summed E-state index contributed by atoms with van der Waals surface area (Å²) in [5.74, 6) is 1.47. The molecule has 152 valence electrons. The number of rotatable bonds is 6. The Balaban J connectivity index is 1.73. The summed E-state index contributed by atoms with van der Waals surface area (Å²) < 4.78 is 45.8. The fraction of sp³-hybridized carbons (Fsp3) is 0.444. The van der Waals surface area contributed by atoms with Gasteiger partial charge in [0, 0.05) is 38.8 Å². The smallest absolute Gasteiger partial charge is 0.243 e. The summed E-state index contributed by atoms with van der Waals surface area (Å²) in [7, 11) is -2.44. The summed E-state index contributed by atoms with van der Waals surface area (Å²) in [6, 6.07) is 5.54. The number of ether oxygens (including phenoxy) is 1. The minimum absolute atomic E-state index is 0.0133. The molecule has 1 N–H and O–H groups in total. The van der Waals surface area contributed by atoms with Crippen molar-refractivity contribution in [3.63, 3.8) is 0 Å². The van der Waals surface area contributed by atoms with Gasteiger partial charge in [-0.05, 0) is 32.0 Å². The van der Waals surface area contributed by atoms with Gasteiger partial charge in [0.15, 0.2) is 11.6 Å². The maximum Gasteiger partial charge on any atom is 0.243 e. The summed E-state index contributed by atoms with van der Waals surface area (Å²) >= 11 is 0. The lowest BCUT2D eigenvalue weighted by Crippen LogP contribution is -2.49. The molecule has 2 heterocycles. The van der Waals surface area contributed by atoms with Crippen molar-refractivity contribution in [1.82, 2.24) is 14.3 Å². The molecule has 10 heteroatoms. The molecule has 0 spiro atoms. The number of halogens is 1. The molecular formula is C18H24FN5O3S. The Hall–Kier alpha value is -2.46. The molecule has 1 fully saturated rings. The molecule has 1 aliphatic rings.